The van der Waals surface area contributed by atoms with Crippen LogP contribution in [0.15, 0.2) is 78.0 Å². The highest BCUT2D eigenvalue weighted by atomic mass is 32.2. The van der Waals surface area contributed by atoms with Crippen molar-refractivity contribution in [3.63, 3.8) is 0 Å². The molecule has 1 N–H and O–H groups in total. The fourth-order valence-corrected chi connectivity index (χ4v) is 6.84. The first kappa shape index (κ1) is 35.0. The number of aliphatic imine (C=N–C) groups is 1. The van der Waals surface area contributed by atoms with Gasteiger partial charge in [0.25, 0.3) is 0 Å². The second kappa shape index (κ2) is 14.4. The molecule has 0 saturated carbocycles. The van der Waals surface area contributed by atoms with Crippen LogP contribution in [0.2, 0.25) is 0 Å². The Morgan fingerprint density at radius 3 is 2.46 bits per heavy atom. The van der Waals surface area contributed by atoms with E-state index in [1.165, 1.54) is 46.4 Å². The molecule has 2 amide bonds. The number of rotatable bonds is 9. The molecule has 3 aromatic carbocycles. The maximum Gasteiger partial charge on any atom is 0.573 e. The lowest BCUT2D eigenvalue weighted by Crippen LogP contribution is -2.43. The minimum atomic E-state index is -4.75. The van der Waals surface area contributed by atoms with E-state index in [9.17, 15) is 18.0 Å². The fraction of sp³-hybridized carbons (Fsp3) is 0.389. The van der Waals surface area contributed by atoms with Gasteiger partial charge in [-0.2, -0.15) is 4.99 Å². The number of carbonyl (C=O) groups is 1. The van der Waals surface area contributed by atoms with E-state index in [4.69, 9.17) is 0 Å². The topological polar surface area (TPSA) is 84.6 Å². The molecule has 1 unspecified atom stereocenters. The van der Waals surface area contributed by atoms with Crippen molar-refractivity contribution in [2.24, 2.45) is 10.4 Å². The van der Waals surface area contributed by atoms with Gasteiger partial charge in [-0.15, -0.1) is 18.3 Å². The summed E-state index contributed by atoms with van der Waals surface area (Å²) >= 11 is 1.62. The van der Waals surface area contributed by atoms with Crippen molar-refractivity contribution in [1.29, 1.82) is 0 Å². The Labute approximate surface area is 283 Å². The lowest BCUT2D eigenvalue weighted by Gasteiger charge is -2.37. The minimum absolute atomic E-state index is 0.230. The lowest BCUT2D eigenvalue weighted by atomic mass is 9.85. The predicted octanol–water partition coefficient (Wildman–Crippen LogP) is 8.93. The van der Waals surface area contributed by atoms with Crippen LogP contribution in [0.4, 0.5) is 23.7 Å². The molecule has 1 fully saturated rings. The van der Waals surface area contributed by atoms with Crippen molar-refractivity contribution in [3.8, 4) is 22.8 Å². The zero-order chi connectivity index (χ0) is 34.6. The van der Waals surface area contributed by atoms with Gasteiger partial charge in [0.2, 0.25) is 0 Å². The summed E-state index contributed by atoms with van der Waals surface area (Å²) in [6, 6.07) is 19.7. The van der Waals surface area contributed by atoms with E-state index >= 15 is 0 Å². The number of aryl methyl sites for hydroxylation is 1. The molecular weight excluding hydrogens is 637 g/mol. The Morgan fingerprint density at radius 2 is 1.79 bits per heavy atom. The van der Waals surface area contributed by atoms with Crippen LogP contribution in [0.5, 0.6) is 5.75 Å². The van der Waals surface area contributed by atoms with E-state index in [-0.39, 0.29) is 23.2 Å². The number of alkyl halides is 3. The zero-order valence-electron chi connectivity index (χ0n) is 28.0. The molecule has 48 heavy (non-hydrogen) atoms. The summed E-state index contributed by atoms with van der Waals surface area (Å²) in [5, 5.41) is 8.26. The third kappa shape index (κ3) is 8.97. The van der Waals surface area contributed by atoms with Crippen molar-refractivity contribution in [2.45, 2.75) is 72.7 Å². The molecule has 12 heteroatoms. The number of ether oxygens (including phenoxy) is 1. The van der Waals surface area contributed by atoms with Gasteiger partial charge < -0.3 is 15.0 Å². The van der Waals surface area contributed by atoms with Gasteiger partial charge in [-0.05, 0) is 85.0 Å². The van der Waals surface area contributed by atoms with E-state index in [0.717, 1.165) is 40.6 Å². The van der Waals surface area contributed by atoms with Gasteiger partial charge in [0.05, 0.1) is 5.69 Å². The molecule has 1 aromatic heterocycles. The van der Waals surface area contributed by atoms with Crippen molar-refractivity contribution < 1.29 is 22.7 Å². The standard InChI is InChI=1S/C36H41F3N6O2S/c1-23(2)30-16-7-24(3)19-31(30)45-25(4)17-18-48-34(45)42-33(46)40-21-35(5,6)20-26-8-10-27(11-9-26)32-41-22-44(43-32)28-12-14-29(15-13-28)47-36(37,38)39/h7-16,19,22-23,25H,17-18,20-21H2,1-6H3,(H,40,46). The Kier molecular flexibility index (Phi) is 10.5. The van der Waals surface area contributed by atoms with Crippen molar-refractivity contribution in [3.05, 3.63) is 89.7 Å². The molecular formula is C36H41F3N6O2S. The van der Waals surface area contributed by atoms with Crippen molar-refractivity contribution >= 4 is 28.6 Å². The molecule has 1 saturated heterocycles. The third-order valence-electron chi connectivity index (χ3n) is 8.12. The molecule has 2 heterocycles. The third-order valence-corrected chi connectivity index (χ3v) is 9.10. The molecule has 0 bridgehead atoms. The molecule has 5 rings (SSSR count). The summed E-state index contributed by atoms with van der Waals surface area (Å²) in [7, 11) is 0. The number of amidine groups is 1. The SMILES string of the molecule is Cc1ccc(C(C)C)c(N2C(=NC(=O)NCC(C)(C)Cc3ccc(-c4ncn(-c5ccc(OC(F)(F)F)cc5)n4)cc3)SCCC2C)c1. The number of thioether (sulfide) groups is 1. The average Bonchev–Trinajstić information content (AvgIpc) is 3.50. The van der Waals surface area contributed by atoms with Crippen LogP contribution in [-0.2, 0) is 6.42 Å². The highest BCUT2D eigenvalue weighted by molar-refractivity contribution is 8.14. The van der Waals surface area contributed by atoms with E-state index in [0.29, 0.717) is 24.0 Å². The highest BCUT2D eigenvalue weighted by Crippen LogP contribution is 2.35. The number of anilines is 1. The van der Waals surface area contributed by atoms with Crippen LogP contribution in [0.3, 0.4) is 0 Å². The number of halogens is 3. The summed E-state index contributed by atoms with van der Waals surface area (Å²) in [5.41, 5.74) is 5.74. The Bertz CT molecular complexity index is 1750. The van der Waals surface area contributed by atoms with E-state index < -0.39 is 6.36 Å². The number of carbonyl (C=O) groups excluding carboxylic acids is 1. The zero-order valence-corrected chi connectivity index (χ0v) is 28.8. The van der Waals surface area contributed by atoms with E-state index in [1.807, 2.05) is 24.3 Å². The first-order chi connectivity index (χ1) is 22.7. The summed E-state index contributed by atoms with van der Waals surface area (Å²) in [5.74, 6) is 1.44. The Morgan fingerprint density at radius 1 is 1.08 bits per heavy atom. The van der Waals surface area contributed by atoms with Gasteiger partial charge in [0.15, 0.2) is 11.0 Å². The molecule has 0 radical (unpaired) electrons. The van der Waals surface area contributed by atoms with Crippen LogP contribution in [0.1, 0.15) is 63.6 Å². The lowest BCUT2D eigenvalue weighted by molar-refractivity contribution is -0.274. The number of nitrogens with one attached hydrogen (secondary N) is 1. The molecule has 1 aliphatic heterocycles. The summed E-state index contributed by atoms with van der Waals surface area (Å²) in [4.78, 5) is 24.3. The number of hydrogen-bond acceptors (Lipinski definition) is 5. The van der Waals surface area contributed by atoms with Gasteiger partial charge in [0, 0.05) is 29.6 Å². The molecule has 0 aliphatic carbocycles. The Hall–Kier alpha value is -4.32. The average molecular weight is 679 g/mol. The Balaban J connectivity index is 1.20. The number of amides is 2. The number of aromatic nitrogens is 3. The molecule has 1 aliphatic rings. The van der Waals surface area contributed by atoms with Crippen LogP contribution >= 0.6 is 11.8 Å². The quantitative estimate of drug-likeness (QED) is 0.190. The van der Waals surface area contributed by atoms with Gasteiger partial charge in [-0.1, -0.05) is 75.9 Å². The second-order valence-electron chi connectivity index (χ2n) is 13.2. The summed E-state index contributed by atoms with van der Waals surface area (Å²) < 4.78 is 42.8. The fourth-order valence-electron chi connectivity index (χ4n) is 5.63. The van der Waals surface area contributed by atoms with Crippen LogP contribution in [0.25, 0.3) is 17.1 Å². The molecule has 254 valence electrons. The van der Waals surface area contributed by atoms with E-state index in [1.54, 1.807) is 11.8 Å². The van der Waals surface area contributed by atoms with Crippen LogP contribution in [-0.4, -0.2) is 50.7 Å². The molecule has 4 aromatic rings. The van der Waals surface area contributed by atoms with Gasteiger partial charge in [0.1, 0.15) is 12.1 Å². The maximum absolute atomic E-state index is 13.2. The highest BCUT2D eigenvalue weighted by Gasteiger charge is 2.31. The largest absolute Gasteiger partial charge is 0.573 e. The maximum atomic E-state index is 13.2. The number of nitrogens with zero attached hydrogens (tertiary/aromatic N) is 5. The molecule has 8 nitrogen and oxygen atoms in total. The monoisotopic (exact) mass is 678 g/mol. The number of hydrogen-bond donors (Lipinski definition) is 1. The summed E-state index contributed by atoms with van der Waals surface area (Å²) in [6.45, 7) is 13.3. The smallest absolute Gasteiger partial charge is 0.406 e. The predicted molar refractivity (Wildman–Crippen MR) is 186 cm³/mol. The minimum Gasteiger partial charge on any atom is -0.406 e. The number of benzene rings is 3. The van der Waals surface area contributed by atoms with Gasteiger partial charge in [-0.3, -0.25) is 0 Å². The molecule has 1 atom stereocenters. The van der Waals surface area contributed by atoms with Gasteiger partial charge >= 0.3 is 12.4 Å². The van der Waals surface area contributed by atoms with Crippen molar-refractivity contribution in [2.75, 3.05) is 17.2 Å². The number of urea groups is 1. The first-order valence-corrected chi connectivity index (χ1v) is 16.9. The first-order valence-electron chi connectivity index (χ1n) is 15.9. The normalized spacial score (nSPS) is 16.4. The second-order valence-corrected chi connectivity index (χ2v) is 14.3. The van der Waals surface area contributed by atoms with Crippen molar-refractivity contribution in [1.82, 2.24) is 20.1 Å². The van der Waals surface area contributed by atoms with Gasteiger partial charge in [-0.25, -0.2) is 14.5 Å². The van der Waals surface area contributed by atoms with Crippen LogP contribution in [0, 0.1) is 12.3 Å². The summed E-state index contributed by atoms with van der Waals surface area (Å²) in [6.07, 6.45) is -1.51. The van der Waals surface area contributed by atoms with E-state index in [2.05, 4.69) is 89.8 Å². The van der Waals surface area contributed by atoms with Crippen LogP contribution < -0.4 is 15.0 Å². The molecule has 0 spiro atoms.